The quantitative estimate of drug-likeness (QED) is 0.327. The molecule has 0 spiro atoms. The van der Waals surface area contributed by atoms with Gasteiger partial charge in [0.1, 0.15) is 0 Å². The van der Waals surface area contributed by atoms with Gasteiger partial charge in [0, 0.05) is 5.56 Å². The lowest BCUT2D eigenvalue weighted by Crippen LogP contribution is -2.37. The third-order valence-electron chi connectivity index (χ3n) is 5.79. The fraction of sp³-hybridized carbons (Fsp3) is 0.138. The SMILES string of the molecule is Cc1ccc(N(C(=O)c2ccccc2CCc2ccccc2)S(=O)(=O)c2ccc(C)cc2)cc1. The lowest BCUT2D eigenvalue weighted by Gasteiger charge is -2.24. The van der Waals surface area contributed by atoms with Crippen molar-refractivity contribution in [2.75, 3.05) is 4.31 Å². The summed E-state index contributed by atoms with van der Waals surface area (Å²) in [6.45, 7) is 3.81. The zero-order chi connectivity index (χ0) is 24.1. The minimum Gasteiger partial charge on any atom is -0.268 e. The maximum absolute atomic E-state index is 13.9. The van der Waals surface area contributed by atoms with Crippen LogP contribution in [0, 0.1) is 13.8 Å². The van der Waals surface area contributed by atoms with Gasteiger partial charge in [0.15, 0.2) is 0 Å². The fourth-order valence-electron chi connectivity index (χ4n) is 3.84. The predicted octanol–water partition coefficient (Wildman–Crippen LogP) is 6.12. The van der Waals surface area contributed by atoms with Crippen LogP contribution in [0.15, 0.2) is 108 Å². The Labute approximate surface area is 201 Å². The van der Waals surface area contributed by atoms with Crippen LogP contribution >= 0.6 is 0 Å². The number of sulfonamides is 1. The third-order valence-corrected chi connectivity index (χ3v) is 7.51. The average Bonchev–Trinajstić information content (AvgIpc) is 2.85. The van der Waals surface area contributed by atoms with Crippen molar-refractivity contribution < 1.29 is 13.2 Å². The molecule has 0 N–H and O–H groups in total. The van der Waals surface area contributed by atoms with Gasteiger partial charge >= 0.3 is 0 Å². The van der Waals surface area contributed by atoms with Crippen molar-refractivity contribution in [3.63, 3.8) is 0 Å². The molecular formula is C29H27NO3S. The lowest BCUT2D eigenvalue weighted by atomic mass is 9.99. The number of anilines is 1. The summed E-state index contributed by atoms with van der Waals surface area (Å²) in [6.07, 6.45) is 1.37. The zero-order valence-corrected chi connectivity index (χ0v) is 20.1. The van der Waals surface area contributed by atoms with Gasteiger partial charge in [-0.15, -0.1) is 0 Å². The van der Waals surface area contributed by atoms with Crippen LogP contribution in [0.3, 0.4) is 0 Å². The minimum absolute atomic E-state index is 0.0776. The van der Waals surface area contributed by atoms with Crippen LogP contribution < -0.4 is 4.31 Å². The summed E-state index contributed by atoms with van der Waals surface area (Å²) in [5, 5.41) is 0. The van der Waals surface area contributed by atoms with E-state index in [1.807, 2.05) is 68.4 Å². The summed E-state index contributed by atoms with van der Waals surface area (Å²) in [6, 6.07) is 30.8. The van der Waals surface area contributed by atoms with Crippen LogP contribution in [0.2, 0.25) is 0 Å². The van der Waals surface area contributed by atoms with Gasteiger partial charge in [-0.05, 0) is 68.1 Å². The van der Waals surface area contributed by atoms with Crippen LogP contribution in [0.5, 0.6) is 0 Å². The molecule has 0 aliphatic rings. The Morgan fingerprint density at radius 3 is 1.88 bits per heavy atom. The summed E-state index contributed by atoms with van der Waals surface area (Å²) in [5.74, 6) is -0.562. The highest BCUT2D eigenvalue weighted by atomic mass is 32.2. The van der Waals surface area contributed by atoms with Crippen LogP contribution in [-0.2, 0) is 22.9 Å². The normalized spacial score (nSPS) is 11.2. The highest BCUT2D eigenvalue weighted by Crippen LogP contribution is 2.28. The smallest absolute Gasteiger partial charge is 0.268 e. The number of carbonyl (C=O) groups excluding carboxylic acids is 1. The molecule has 34 heavy (non-hydrogen) atoms. The molecule has 4 aromatic carbocycles. The number of carbonyl (C=O) groups is 1. The molecule has 5 heteroatoms. The van der Waals surface area contributed by atoms with Crippen LogP contribution in [-0.4, -0.2) is 14.3 Å². The van der Waals surface area contributed by atoms with Crippen molar-refractivity contribution in [2.45, 2.75) is 31.6 Å². The van der Waals surface area contributed by atoms with E-state index in [0.717, 1.165) is 33.0 Å². The van der Waals surface area contributed by atoms with Gasteiger partial charge in [-0.25, -0.2) is 8.42 Å². The zero-order valence-electron chi connectivity index (χ0n) is 19.3. The van der Waals surface area contributed by atoms with E-state index in [9.17, 15) is 13.2 Å². The maximum Gasteiger partial charge on any atom is 0.272 e. The summed E-state index contributed by atoms with van der Waals surface area (Å²) >= 11 is 0. The standard InChI is InChI=1S/C29H27NO3S/c1-22-12-18-26(19-13-22)30(34(32,33)27-20-14-23(2)15-21-27)29(31)28-11-7-6-10-25(28)17-16-24-8-4-3-5-9-24/h3-15,18-21H,16-17H2,1-2H3. The first-order valence-corrected chi connectivity index (χ1v) is 12.6. The molecule has 0 unspecified atom stereocenters. The summed E-state index contributed by atoms with van der Waals surface area (Å²) in [5.41, 5.74) is 4.59. The van der Waals surface area contributed by atoms with E-state index in [1.54, 1.807) is 48.5 Å². The summed E-state index contributed by atoms with van der Waals surface area (Å²) in [4.78, 5) is 14.0. The van der Waals surface area contributed by atoms with Crippen LogP contribution in [0.4, 0.5) is 5.69 Å². The molecule has 0 aliphatic carbocycles. The van der Waals surface area contributed by atoms with Gasteiger partial charge in [-0.1, -0.05) is 83.9 Å². The first-order chi connectivity index (χ1) is 16.4. The van der Waals surface area contributed by atoms with Crippen molar-refractivity contribution >= 4 is 21.6 Å². The molecule has 0 bridgehead atoms. The Balaban J connectivity index is 1.76. The second-order valence-corrected chi connectivity index (χ2v) is 10.2. The molecule has 0 aliphatic heterocycles. The Kier molecular flexibility index (Phi) is 6.94. The van der Waals surface area contributed by atoms with E-state index in [2.05, 4.69) is 0 Å². The van der Waals surface area contributed by atoms with E-state index in [1.165, 1.54) is 0 Å². The lowest BCUT2D eigenvalue weighted by molar-refractivity contribution is 0.100. The molecule has 4 nitrogen and oxygen atoms in total. The van der Waals surface area contributed by atoms with Gasteiger partial charge < -0.3 is 0 Å². The molecule has 172 valence electrons. The van der Waals surface area contributed by atoms with Gasteiger partial charge in [0.05, 0.1) is 10.6 Å². The summed E-state index contributed by atoms with van der Waals surface area (Å²) < 4.78 is 28.4. The largest absolute Gasteiger partial charge is 0.272 e. The topological polar surface area (TPSA) is 54.5 Å². The first kappa shape index (κ1) is 23.5. The number of rotatable bonds is 7. The molecule has 0 fully saturated rings. The van der Waals surface area contributed by atoms with E-state index in [0.29, 0.717) is 17.7 Å². The monoisotopic (exact) mass is 469 g/mol. The van der Waals surface area contributed by atoms with Gasteiger partial charge in [0.2, 0.25) is 0 Å². The van der Waals surface area contributed by atoms with E-state index in [-0.39, 0.29) is 4.90 Å². The molecule has 0 saturated heterocycles. The van der Waals surface area contributed by atoms with Crippen LogP contribution in [0.1, 0.15) is 32.6 Å². The molecule has 4 rings (SSSR count). The van der Waals surface area contributed by atoms with E-state index < -0.39 is 15.9 Å². The highest BCUT2D eigenvalue weighted by molar-refractivity contribution is 7.93. The maximum atomic E-state index is 13.9. The van der Waals surface area contributed by atoms with Crippen molar-refractivity contribution in [2.24, 2.45) is 0 Å². The van der Waals surface area contributed by atoms with Crippen molar-refractivity contribution in [1.29, 1.82) is 0 Å². The van der Waals surface area contributed by atoms with Crippen LogP contribution in [0.25, 0.3) is 0 Å². The molecule has 0 radical (unpaired) electrons. The van der Waals surface area contributed by atoms with Crippen molar-refractivity contribution in [1.82, 2.24) is 0 Å². The van der Waals surface area contributed by atoms with E-state index >= 15 is 0 Å². The Hall–Kier alpha value is -3.70. The van der Waals surface area contributed by atoms with Crippen molar-refractivity contribution in [3.05, 3.63) is 131 Å². The Morgan fingerprint density at radius 1 is 0.676 bits per heavy atom. The van der Waals surface area contributed by atoms with Gasteiger partial charge in [-0.3, -0.25) is 4.79 Å². The molecule has 0 heterocycles. The van der Waals surface area contributed by atoms with E-state index in [4.69, 9.17) is 0 Å². The summed E-state index contributed by atoms with van der Waals surface area (Å²) in [7, 11) is -4.13. The molecular weight excluding hydrogens is 442 g/mol. The third kappa shape index (κ3) is 5.10. The molecule has 0 atom stereocenters. The number of nitrogens with zero attached hydrogens (tertiary/aromatic N) is 1. The second kappa shape index (κ2) is 10.1. The predicted molar refractivity (Wildman–Crippen MR) is 137 cm³/mol. The number of amides is 1. The fourth-order valence-corrected chi connectivity index (χ4v) is 5.25. The first-order valence-electron chi connectivity index (χ1n) is 11.2. The van der Waals surface area contributed by atoms with Gasteiger partial charge in [0.25, 0.3) is 15.9 Å². The molecule has 4 aromatic rings. The number of benzene rings is 4. The number of aryl methyl sites for hydroxylation is 4. The number of hydrogen-bond donors (Lipinski definition) is 0. The average molecular weight is 470 g/mol. The molecule has 0 saturated carbocycles. The number of hydrogen-bond acceptors (Lipinski definition) is 3. The Bertz CT molecular complexity index is 1380. The molecule has 1 amide bonds. The minimum atomic E-state index is -4.13. The second-order valence-electron chi connectivity index (χ2n) is 8.37. The molecule has 0 aromatic heterocycles. The Morgan fingerprint density at radius 2 is 1.24 bits per heavy atom. The highest BCUT2D eigenvalue weighted by Gasteiger charge is 2.32. The van der Waals surface area contributed by atoms with Crippen molar-refractivity contribution in [3.8, 4) is 0 Å². The van der Waals surface area contributed by atoms with Gasteiger partial charge in [-0.2, -0.15) is 4.31 Å².